The highest BCUT2D eigenvalue weighted by Crippen LogP contribution is 2.34. The van der Waals surface area contributed by atoms with E-state index in [-0.39, 0.29) is 11.9 Å². The first-order chi connectivity index (χ1) is 13.5. The van der Waals surface area contributed by atoms with Crippen LogP contribution in [-0.2, 0) is 6.54 Å². The minimum atomic E-state index is 0.0270. The summed E-state index contributed by atoms with van der Waals surface area (Å²) in [4.78, 5) is 14.9. The van der Waals surface area contributed by atoms with Gasteiger partial charge in [0.15, 0.2) is 11.5 Å². The van der Waals surface area contributed by atoms with E-state index in [1.165, 1.54) is 5.56 Å². The Bertz CT molecular complexity index is 833. The van der Waals surface area contributed by atoms with Gasteiger partial charge in [-0.1, -0.05) is 34.1 Å². The molecule has 5 nitrogen and oxygen atoms in total. The predicted octanol–water partition coefficient (Wildman–Crippen LogP) is 4.17. The highest BCUT2D eigenvalue weighted by Gasteiger charge is 2.22. The van der Waals surface area contributed by atoms with E-state index in [0.29, 0.717) is 0 Å². The number of carbonyl (C=O) groups excluding carboxylic acids is 1. The van der Waals surface area contributed by atoms with Crippen molar-refractivity contribution < 1.29 is 14.3 Å². The van der Waals surface area contributed by atoms with Crippen molar-refractivity contribution in [2.45, 2.75) is 32.4 Å². The third-order valence-corrected chi connectivity index (χ3v) is 6.00. The molecule has 1 N–H and O–H groups in total. The van der Waals surface area contributed by atoms with Gasteiger partial charge in [-0.25, -0.2) is 0 Å². The number of rotatable bonds is 6. The minimum Gasteiger partial charge on any atom is -0.493 e. The average Bonchev–Trinajstić information content (AvgIpc) is 2.70. The van der Waals surface area contributed by atoms with Crippen LogP contribution in [0.5, 0.6) is 11.5 Å². The summed E-state index contributed by atoms with van der Waals surface area (Å²) in [6.45, 7) is 4.69. The standard InChI is InChI=1S/C22H27BrN2O3/c1-15-6-4-5-7-18(15)22(26)24-17-8-10-25(11-9-17)14-16-12-20(27-2)21(28-3)13-19(16)23/h4-7,12-13,17H,8-11,14H2,1-3H3,(H,24,26). The summed E-state index contributed by atoms with van der Waals surface area (Å²) < 4.78 is 11.8. The molecule has 150 valence electrons. The number of nitrogens with zero attached hydrogens (tertiary/aromatic N) is 1. The number of benzene rings is 2. The molecule has 0 saturated carbocycles. The quantitative estimate of drug-likeness (QED) is 0.723. The largest absolute Gasteiger partial charge is 0.493 e. The summed E-state index contributed by atoms with van der Waals surface area (Å²) in [5.41, 5.74) is 2.94. The maximum Gasteiger partial charge on any atom is 0.251 e. The molecule has 3 rings (SSSR count). The fourth-order valence-electron chi connectivity index (χ4n) is 3.58. The summed E-state index contributed by atoms with van der Waals surface area (Å²) in [5.74, 6) is 1.48. The first-order valence-electron chi connectivity index (χ1n) is 9.51. The molecule has 1 aliphatic heterocycles. The Hall–Kier alpha value is -2.05. The number of nitrogens with one attached hydrogen (secondary N) is 1. The molecule has 1 amide bonds. The molecular weight excluding hydrogens is 420 g/mol. The van der Waals surface area contributed by atoms with Crippen molar-refractivity contribution in [3.05, 3.63) is 57.6 Å². The predicted molar refractivity (Wildman–Crippen MR) is 114 cm³/mol. The van der Waals surface area contributed by atoms with E-state index in [4.69, 9.17) is 9.47 Å². The van der Waals surface area contributed by atoms with Gasteiger partial charge < -0.3 is 14.8 Å². The number of methoxy groups -OCH3 is 2. The summed E-state index contributed by atoms with van der Waals surface area (Å²) in [6.07, 6.45) is 1.89. The second-order valence-corrected chi connectivity index (χ2v) is 7.99. The highest BCUT2D eigenvalue weighted by molar-refractivity contribution is 9.10. The van der Waals surface area contributed by atoms with Crippen LogP contribution in [-0.4, -0.2) is 44.2 Å². The van der Waals surface area contributed by atoms with Gasteiger partial charge in [-0.2, -0.15) is 0 Å². The molecule has 1 saturated heterocycles. The molecule has 0 atom stereocenters. The first-order valence-corrected chi connectivity index (χ1v) is 10.3. The van der Waals surface area contributed by atoms with Crippen LogP contribution in [0.4, 0.5) is 0 Å². The van der Waals surface area contributed by atoms with Crippen LogP contribution in [0.1, 0.15) is 34.3 Å². The zero-order valence-corrected chi connectivity index (χ0v) is 18.2. The third-order valence-electron chi connectivity index (χ3n) is 5.26. The zero-order valence-electron chi connectivity index (χ0n) is 16.6. The molecule has 0 unspecified atom stereocenters. The van der Waals surface area contributed by atoms with Gasteiger partial charge in [-0.3, -0.25) is 9.69 Å². The lowest BCUT2D eigenvalue weighted by Gasteiger charge is -2.32. The molecular formula is C22H27BrN2O3. The third kappa shape index (κ3) is 4.86. The molecule has 1 aliphatic rings. The lowest BCUT2D eigenvalue weighted by molar-refractivity contribution is 0.0908. The number of ether oxygens (including phenoxy) is 2. The molecule has 28 heavy (non-hydrogen) atoms. The van der Waals surface area contributed by atoms with Crippen molar-refractivity contribution >= 4 is 21.8 Å². The van der Waals surface area contributed by atoms with E-state index >= 15 is 0 Å². The van der Waals surface area contributed by atoms with Crippen LogP contribution < -0.4 is 14.8 Å². The summed E-state index contributed by atoms with van der Waals surface area (Å²) in [6, 6.07) is 11.9. The lowest BCUT2D eigenvalue weighted by Crippen LogP contribution is -2.44. The van der Waals surface area contributed by atoms with E-state index < -0.39 is 0 Å². The van der Waals surface area contributed by atoms with E-state index in [1.54, 1.807) is 14.2 Å². The maximum atomic E-state index is 12.5. The van der Waals surface area contributed by atoms with Gasteiger partial charge in [0, 0.05) is 35.7 Å². The fraction of sp³-hybridized carbons (Fsp3) is 0.409. The summed E-state index contributed by atoms with van der Waals surface area (Å²) in [7, 11) is 3.29. The van der Waals surface area contributed by atoms with E-state index in [9.17, 15) is 4.79 Å². The number of piperidine rings is 1. The summed E-state index contributed by atoms with van der Waals surface area (Å²) in [5, 5.41) is 3.19. The number of halogens is 1. The Kier molecular flexibility index (Phi) is 6.97. The number of hydrogen-bond donors (Lipinski definition) is 1. The van der Waals surface area contributed by atoms with E-state index in [1.807, 2.05) is 43.3 Å². The monoisotopic (exact) mass is 446 g/mol. The van der Waals surface area contributed by atoms with Crippen LogP contribution in [0, 0.1) is 6.92 Å². The Morgan fingerprint density at radius 1 is 1.14 bits per heavy atom. The maximum absolute atomic E-state index is 12.5. The van der Waals surface area contributed by atoms with Gasteiger partial charge in [0.2, 0.25) is 0 Å². The van der Waals surface area contributed by atoms with Gasteiger partial charge in [-0.15, -0.1) is 0 Å². The van der Waals surface area contributed by atoms with Crippen LogP contribution in [0.3, 0.4) is 0 Å². The number of carbonyl (C=O) groups is 1. The fourth-order valence-corrected chi connectivity index (χ4v) is 4.03. The second kappa shape index (κ2) is 9.43. The van der Waals surface area contributed by atoms with Crippen LogP contribution >= 0.6 is 15.9 Å². The molecule has 2 aromatic carbocycles. The van der Waals surface area contributed by atoms with Crippen LogP contribution in [0.2, 0.25) is 0 Å². The van der Waals surface area contributed by atoms with Gasteiger partial charge in [0.05, 0.1) is 14.2 Å². The van der Waals surface area contributed by atoms with Gasteiger partial charge in [0.25, 0.3) is 5.91 Å². The molecule has 0 aliphatic carbocycles. The molecule has 0 aromatic heterocycles. The van der Waals surface area contributed by atoms with E-state index in [2.05, 4.69) is 26.1 Å². The molecule has 0 spiro atoms. The SMILES string of the molecule is COc1cc(Br)c(CN2CCC(NC(=O)c3ccccc3C)CC2)cc1OC. The van der Waals surface area contributed by atoms with Crippen molar-refractivity contribution in [3.8, 4) is 11.5 Å². The highest BCUT2D eigenvalue weighted by atomic mass is 79.9. The molecule has 0 bridgehead atoms. The number of aryl methyl sites for hydroxylation is 1. The topological polar surface area (TPSA) is 50.8 Å². The Balaban J connectivity index is 1.56. The smallest absolute Gasteiger partial charge is 0.251 e. The van der Waals surface area contributed by atoms with Crippen LogP contribution in [0.15, 0.2) is 40.9 Å². The lowest BCUT2D eigenvalue weighted by atomic mass is 10.0. The molecule has 2 aromatic rings. The molecule has 0 radical (unpaired) electrons. The number of hydrogen-bond acceptors (Lipinski definition) is 4. The van der Waals surface area contributed by atoms with E-state index in [0.717, 1.165) is 59.6 Å². The summed E-state index contributed by atoms with van der Waals surface area (Å²) >= 11 is 3.64. The molecule has 6 heteroatoms. The number of amides is 1. The zero-order chi connectivity index (χ0) is 20.1. The Morgan fingerprint density at radius 2 is 1.79 bits per heavy atom. The van der Waals surface area contributed by atoms with Gasteiger partial charge in [0.1, 0.15) is 0 Å². The Morgan fingerprint density at radius 3 is 2.43 bits per heavy atom. The molecule has 1 heterocycles. The van der Waals surface area contributed by atoms with Crippen molar-refractivity contribution in [3.63, 3.8) is 0 Å². The normalized spacial score (nSPS) is 15.3. The first kappa shape index (κ1) is 20.7. The van der Waals surface area contributed by atoms with Crippen molar-refractivity contribution in [1.82, 2.24) is 10.2 Å². The van der Waals surface area contributed by atoms with Crippen molar-refractivity contribution in [2.24, 2.45) is 0 Å². The van der Waals surface area contributed by atoms with Crippen LogP contribution in [0.25, 0.3) is 0 Å². The van der Waals surface area contributed by atoms with Gasteiger partial charge >= 0.3 is 0 Å². The van der Waals surface area contributed by atoms with Crippen molar-refractivity contribution in [2.75, 3.05) is 27.3 Å². The Labute approximate surface area is 175 Å². The van der Waals surface area contributed by atoms with Crippen molar-refractivity contribution in [1.29, 1.82) is 0 Å². The average molecular weight is 447 g/mol. The number of likely N-dealkylation sites (tertiary alicyclic amines) is 1. The minimum absolute atomic E-state index is 0.0270. The van der Waals surface area contributed by atoms with Gasteiger partial charge in [-0.05, 0) is 49.1 Å². The second-order valence-electron chi connectivity index (χ2n) is 7.14. The molecule has 1 fully saturated rings.